The van der Waals surface area contributed by atoms with Crippen LogP contribution >= 0.6 is 0 Å². The summed E-state index contributed by atoms with van der Waals surface area (Å²) in [4.78, 5) is 30.9. The molecule has 4 aromatic rings. The van der Waals surface area contributed by atoms with Crippen molar-refractivity contribution in [3.05, 3.63) is 71.1 Å². The number of carbonyl (C=O) groups excluding carboxylic acids is 1. The first-order valence-corrected chi connectivity index (χ1v) is 8.53. The largest absolute Gasteiger partial charge is 0.484 e. The summed E-state index contributed by atoms with van der Waals surface area (Å²) in [6.07, 6.45) is 3.98. The molecule has 0 spiro atoms. The average molecular weight is 363 g/mol. The van der Waals surface area contributed by atoms with Crippen LogP contribution in [0.4, 0.5) is 0 Å². The van der Waals surface area contributed by atoms with Crippen molar-refractivity contribution in [2.75, 3.05) is 13.2 Å². The van der Waals surface area contributed by atoms with Gasteiger partial charge in [0.2, 0.25) is 0 Å². The first-order valence-electron chi connectivity index (χ1n) is 8.53. The van der Waals surface area contributed by atoms with Crippen molar-refractivity contribution in [2.24, 2.45) is 0 Å². The van der Waals surface area contributed by atoms with Gasteiger partial charge in [-0.05, 0) is 23.6 Å². The van der Waals surface area contributed by atoms with Crippen LogP contribution in [0.15, 0.2) is 64.2 Å². The molecule has 0 saturated carbocycles. The standard InChI is InChI=1S/C20H17N3O4/c24-19(22-8-7-13-10-21-12-23-13)11-26-14-5-6-16-15-3-1-2-4-17(15)20(25)27-18(16)9-14/h1-6,9-10,12H,7-8,11H2,(H,21,23)(H,22,24). The van der Waals surface area contributed by atoms with E-state index in [-0.39, 0.29) is 12.5 Å². The maximum Gasteiger partial charge on any atom is 0.344 e. The van der Waals surface area contributed by atoms with Gasteiger partial charge in [-0.2, -0.15) is 0 Å². The zero-order valence-electron chi connectivity index (χ0n) is 14.4. The Bertz CT molecular complexity index is 1150. The molecule has 0 unspecified atom stereocenters. The summed E-state index contributed by atoms with van der Waals surface area (Å²) in [5.41, 5.74) is 0.982. The van der Waals surface area contributed by atoms with Crippen LogP contribution in [0, 0.1) is 0 Å². The maximum atomic E-state index is 12.1. The van der Waals surface area contributed by atoms with E-state index in [2.05, 4.69) is 15.3 Å². The number of aromatic nitrogens is 2. The molecule has 2 aromatic heterocycles. The van der Waals surface area contributed by atoms with Crippen LogP contribution in [0.5, 0.6) is 5.75 Å². The topological polar surface area (TPSA) is 97.2 Å². The number of nitrogens with one attached hydrogen (secondary N) is 2. The van der Waals surface area contributed by atoms with Crippen molar-refractivity contribution >= 4 is 27.6 Å². The minimum atomic E-state index is -0.396. The number of imidazole rings is 1. The molecular formula is C20H17N3O4. The summed E-state index contributed by atoms with van der Waals surface area (Å²) in [5.74, 6) is 0.235. The number of benzene rings is 2. The molecule has 1 amide bonds. The molecule has 0 fully saturated rings. The van der Waals surface area contributed by atoms with E-state index in [0.717, 1.165) is 16.5 Å². The highest BCUT2D eigenvalue weighted by Gasteiger charge is 2.09. The van der Waals surface area contributed by atoms with Crippen LogP contribution in [-0.4, -0.2) is 29.0 Å². The minimum absolute atomic E-state index is 0.119. The van der Waals surface area contributed by atoms with E-state index in [1.807, 2.05) is 18.2 Å². The lowest BCUT2D eigenvalue weighted by Crippen LogP contribution is -2.30. The fourth-order valence-corrected chi connectivity index (χ4v) is 2.91. The molecular weight excluding hydrogens is 346 g/mol. The van der Waals surface area contributed by atoms with Crippen LogP contribution in [0.1, 0.15) is 5.69 Å². The molecule has 27 heavy (non-hydrogen) atoms. The van der Waals surface area contributed by atoms with Crippen LogP contribution in [0.2, 0.25) is 0 Å². The molecule has 0 atom stereocenters. The Kier molecular flexibility index (Phi) is 4.57. The van der Waals surface area contributed by atoms with Crippen LogP contribution in [0.25, 0.3) is 21.7 Å². The third-order valence-electron chi connectivity index (χ3n) is 4.23. The van der Waals surface area contributed by atoms with Gasteiger partial charge in [-0.15, -0.1) is 0 Å². The normalized spacial score (nSPS) is 11.0. The van der Waals surface area contributed by atoms with E-state index in [1.54, 1.807) is 36.8 Å². The van der Waals surface area contributed by atoms with Crippen molar-refractivity contribution in [2.45, 2.75) is 6.42 Å². The predicted molar refractivity (Wildman–Crippen MR) is 101 cm³/mol. The third kappa shape index (κ3) is 3.67. The fraction of sp³-hybridized carbons (Fsp3) is 0.150. The number of fused-ring (bicyclic) bond motifs is 3. The Morgan fingerprint density at radius 1 is 1.15 bits per heavy atom. The van der Waals surface area contributed by atoms with E-state index in [4.69, 9.17) is 9.15 Å². The van der Waals surface area contributed by atoms with E-state index in [1.165, 1.54) is 0 Å². The lowest BCUT2D eigenvalue weighted by molar-refractivity contribution is -0.123. The molecule has 0 aliphatic heterocycles. The summed E-state index contributed by atoms with van der Waals surface area (Å²) in [7, 11) is 0. The highest BCUT2D eigenvalue weighted by Crippen LogP contribution is 2.26. The van der Waals surface area contributed by atoms with Crippen LogP contribution in [-0.2, 0) is 11.2 Å². The quantitative estimate of drug-likeness (QED) is 0.405. The number of carbonyl (C=O) groups is 1. The van der Waals surface area contributed by atoms with Crippen LogP contribution in [0.3, 0.4) is 0 Å². The lowest BCUT2D eigenvalue weighted by Gasteiger charge is -2.08. The lowest BCUT2D eigenvalue weighted by atomic mass is 10.1. The van der Waals surface area contributed by atoms with E-state index in [9.17, 15) is 9.59 Å². The van der Waals surface area contributed by atoms with Crippen LogP contribution < -0.4 is 15.7 Å². The smallest absolute Gasteiger partial charge is 0.344 e. The first kappa shape index (κ1) is 16.8. The highest BCUT2D eigenvalue weighted by atomic mass is 16.5. The molecule has 2 N–H and O–H groups in total. The monoisotopic (exact) mass is 363 g/mol. The van der Waals surface area contributed by atoms with Gasteiger partial charge in [0.15, 0.2) is 6.61 Å². The maximum absolute atomic E-state index is 12.1. The molecule has 7 heteroatoms. The Hall–Kier alpha value is -3.61. The van der Waals surface area contributed by atoms with Gasteiger partial charge in [-0.1, -0.05) is 18.2 Å². The molecule has 2 heterocycles. The number of amides is 1. The summed E-state index contributed by atoms with van der Waals surface area (Å²) in [6.45, 7) is 0.370. The Morgan fingerprint density at radius 2 is 2.00 bits per heavy atom. The van der Waals surface area contributed by atoms with Crippen molar-refractivity contribution in [1.29, 1.82) is 0 Å². The molecule has 0 radical (unpaired) electrons. The summed E-state index contributed by atoms with van der Waals surface area (Å²) < 4.78 is 10.9. The molecule has 0 bridgehead atoms. The zero-order valence-corrected chi connectivity index (χ0v) is 14.4. The van der Waals surface area contributed by atoms with E-state index >= 15 is 0 Å². The van der Waals surface area contributed by atoms with Gasteiger partial charge in [-0.25, -0.2) is 9.78 Å². The minimum Gasteiger partial charge on any atom is -0.484 e. The van der Waals surface area contributed by atoms with Gasteiger partial charge in [0.1, 0.15) is 11.3 Å². The molecule has 0 saturated heterocycles. The van der Waals surface area contributed by atoms with Gasteiger partial charge in [0.05, 0.1) is 11.7 Å². The van der Waals surface area contributed by atoms with Crippen molar-refractivity contribution in [3.8, 4) is 5.75 Å². The Morgan fingerprint density at radius 3 is 2.81 bits per heavy atom. The SMILES string of the molecule is O=C(COc1ccc2c(c1)oc(=O)c1ccccc12)NCCc1cnc[nH]1. The number of aromatic amines is 1. The zero-order chi connectivity index (χ0) is 18.6. The van der Waals surface area contributed by atoms with Gasteiger partial charge in [0.25, 0.3) is 5.91 Å². The third-order valence-corrected chi connectivity index (χ3v) is 4.23. The molecule has 0 aliphatic carbocycles. The predicted octanol–water partition coefficient (Wildman–Crippen LogP) is 2.41. The molecule has 136 valence electrons. The number of rotatable bonds is 6. The molecule has 7 nitrogen and oxygen atoms in total. The average Bonchev–Trinajstić information content (AvgIpc) is 3.20. The number of hydrogen-bond donors (Lipinski definition) is 2. The Labute approximate surface area is 154 Å². The van der Waals surface area contributed by atoms with E-state index in [0.29, 0.717) is 29.7 Å². The number of nitrogens with zero attached hydrogens (tertiary/aromatic N) is 1. The van der Waals surface area contributed by atoms with Crippen molar-refractivity contribution < 1.29 is 13.9 Å². The van der Waals surface area contributed by atoms with Gasteiger partial charge >= 0.3 is 5.63 Å². The summed E-state index contributed by atoms with van der Waals surface area (Å²) in [6, 6.07) is 12.5. The number of H-pyrrole nitrogens is 1. The highest BCUT2D eigenvalue weighted by molar-refractivity contribution is 6.04. The molecule has 4 rings (SSSR count). The summed E-state index contributed by atoms with van der Waals surface area (Å²) >= 11 is 0. The molecule has 2 aromatic carbocycles. The van der Waals surface area contributed by atoms with Crippen molar-refractivity contribution in [3.63, 3.8) is 0 Å². The second-order valence-corrected chi connectivity index (χ2v) is 6.06. The number of hydrogen-bond acceptors (Lipinski definition) is 5. The second-order valence-electron chi connectivity index (χ2n) is 6.06. The van der Waals surface area contributed by atoms with E-state index < -0.39 is 5.63 Å². The van der Waals surface area contributed by atoms with Gasteiger partial charge < -0.3 is 19.5 Å². The summed E-state index contributed by atoms with van der Waals surface area (Å²) in [5, 5.41) is 4.96. The van der Waals surface area contributed by atoms with Gasteiger partial charge in [0, 0.05) is 36.3 Å². The fourth-order valence-electron chi connectivity index (χ4n) is 2.91. The number of ether oxygens (including phenoxy) is 1. The Balaban J connectivity index is 1.42. The molecule has 0 aliphatic rings. The van der Waals surface area contributed by atoms with Gasteiger partial charge in [-0.3, -0.25) is 4.79 Å². The first-order chi connectivity index (χ1) is 13.2. The second kappa shape index (κ2) is 7.33. The van der Waals surface area contributed by atoms with Crippen molar-refractivity contribution in [1.82, 2.24) is 15.3 Å².